The van der Waals surface area contributed by atoms with Crippen molar-refractivity contribution in [2.45, 2.75) is 64.1 Å². The molecule has 7 nitrogen and oxygen atoms in total. The smallest absolute Gasteiger partial charge is 0.280 e. The monoisotopic (exact) mass is 513 g/mol. The van der Waals surface area contributed by atoms with Gasteiger partial charge < -0.3 is 16.0 Å². The first-order chi connectivity index (χ1) is 16.7. The van der Waals surface area contributed by atoms with Crippen LogP contribution in [0.4, 0.5) is 0 Å². The molecule has 1 fully saturated rings. The number of nitrogens with two attached hydrogens (primary N) is 1. The van der Waals surface area contributed by atoms with Gasteiger partial charge in [0.2, 0.25) is 5.78 Å². The van der Waals surface area contributed by atoms with Gasteiger partial charge in [-0.3, -0.25) is 14.5 Å². The fourth-order valence-electron chi connectivity index (χ4n) is 5.38. The second kappa shape index (κ2) is 9.65. The van der Waals surface area contributed by atoms with E-state index >= 15 is 0 Å². The number of amides is 1. The molecule has 1 aliphatic heterocycles. The zero-order valence-electron chi connectivity index (χ0n) is 20.2. The minimum atomic E-state index is -1.18. The van der Waals surface area contributed by atoms with Crippen molar-refractivity contribution in [1.29, 1.82) is 0 Å². The first-order valence-corrected chi connectivity index (χ1v) is 13.6. The third-order valence-corrected chi connectivity index (χ3v) is 8.45. The molecule has 2 atom stereocenters. The number of aromatic amines is 1. The van der Waals surface area contributed by atoms with Crippen LogP contribution in [0.3, 0.4) is 0 Å². The number of rotatable bonds is 6. The Kier molecular flexibility index (Phi) is 6.74. The molecule has 2 aromatic heterocycles. The summed E-state index contributed by atoms with van der Waals surface area (Å²) in [6, 6.07) is 6.80. The van der Waals surface area contributed by atoms with Gasteiger partial charge in [-0.2, -0.15) is 0 Å². The molecule has 2 aliphatic rings. The maximum Gasteiger partial charge on any atom is 0.280 e. The lowest BCUT2D eigenvalue weighted by Crippen LogP contribution is -2.64. The molecule has 1 saturated carbocycles. The number of thiazole rings is 1. The maximum atomic E-state index is 13.6. The molecule has 1 aromatic carbocycles. The van der Waals surface area contributed by atoms with Crippen LogP contribution in [0.5, 0.6) is 0 Å². The lowest BCUT2D eigenvalue weighted by molar-refractivity contribution is 0.0755. The van der Waals surface area contributed by atoms with Gasteiger partial charge in [0, 0.05) is 46.9 Å². The number of halogens is 1. The van der Waals surface area contributed by atoms with E-state index in [2.05, 4.69) is 34.0 Å². The third kappa shape index (κ3) is 4.89. The molecule has 2 unspecified atom stereocenters. The predicted molar refractivity (Wildman–Crippen MR) is 140 cm³/mol. The highest BCUT2D eigenvalue weighted by Crippen LogP contribution is 2.32. The number of ketones is 1. The van der Waals surface area contributed by atoms with Crippen molar-refractivity contribution in [3.63, 3.8) is 0 Å². The van der Waals surface area contributed by atoms with Gasteiger partial charge in [0.1, 0.15) is 5.54 Å². The van der Waals surface area contributed by atoms with Crippen molar-refractivity contribution in [2.75, 3.05) is 13.1 Å². The molecule has 3 aromatic rings. The number of hydrogen-bond donors (Lipinski definition) is 3. The van der Waals surface area contributed by atoms with E-state index < -0.39 is 11.6 Å². The SMILES string of the molecule is CC(C)CN1CCc2nc(C(=O)NC3CCCCC3(N)C(=O)c3cc4cc(Cl)ccc4[nH]3)sc2C1. The molecule has 4 N–H and O–H groups in total. The topological polar surface area (TPSA) is 104 Å². The quantitative estimate of drug-likeness (QED) is 0.420. The summed E-state index contributed by atoms with van der Waals surface area (Å²) in [4.78, 5) is 38.3. The Hall–Kier alpha value is -2.26. The highest BCUT2D eigenvalue weighted by atomic mass is 35.5. The number of Topliss-reactive ketones (excluding diaryl/α,β-unsaturated/α-hetero) is 1. The highest BCUT2D eigenvalue weighted by Gasteiger charge is 2.45. The average Bonchev–Trinajstić information content (AvgIpc) is 3.43. The Morgan fingerprint density at radius 1 is 1.34 bits per heavy atom. The van der Waals surface area contributed by atoms with E-state index in [1.807, 2.05) is 12.1 Å². The number of nitrogens with one attached hydrogen (secondary N) is 2. The number of carbonyl (C=O) groups excluding carboxylic acids is 2. The van der Waals surface area contributed by atoms with Crippen molar-refractivity contribution >= 4 is 45.5 Å². The van der Waals surface area contributed by atoms with Gasteiger partial charge in [-0.1, -0.05) is 38.3 Å². The first-order valence-electron chi connectivity index (χ1n) is 12.4. The van der Waals surface area contributed by atoms with Crippen LogP contribution in [0.25, 0.3) is 10.9 Å². The van der Waals surface area contributed by atoms with Crippen LogP contribution in [-0.2, 0) is 13.0 Å². The summed E-state index contributed by atoms with van der Waals surface area (Å²) in [6.07, 6.45) is 3.80. The lowest BCUT2D eigenvalue weighted by Gasteiger charge is -2.39. The molecule has 0 spiro atoms. The summed E-state index contributed by atoms with van der Waals surface area (Å²) >= 11 is 7.57. The van der Waals surface area contributed by atoms with Crippen molar-refractivity contribution in [1.82, 2.24) is 20.2 Å². The van der Waals surface area contributed by atoms with Crippen LogP contribution < -0.4 is 11.1 Å². The number of hydrogen-bond acceptors (Lipinski definition) is 6. The number of nitrogens with zero attached hydrogens (tertiary/aromatic N) is 2. The molecule has 35 heavy (non-hydrogen) atoms. The second-order valence-electron chi connectivity index (χ2n) is 10.3. The number of fused-ring (bicyclic) bond motifs is 2. The van der Waals surface area contributed by atoms with Crippen molar-refractivity contribution in [3.05, 3.63) is 50.6 Å². The molecule has 1 amide bonds. The summed E-state index contributed by atoms with van der Waals surface area (Å²) in [7, 11) is 0. The molecule has 1 aliphatic carbocycles. The Balaban J connectivity index is 1.34. The van der Waals surface area contributed by atoms with Crippen LogP contribution in [0.2, 0.25) is 5.02 Å². The Morgan fingerprint density at radius 2 is 2.17 bits per heavy atom. The van der Waals surface area contributed by atoms with E-state index in [1.165, 1.54) is 11.3 Å². The predicted octanol–water partition coefficient (Wildman–Crippen LogP) is 4.54. The maximum absolute atomic E-state index is 13.6. The molecule has 5 rings (SSSR count). The van der Waals surface area contributed by atoms with Gasteiger partial charge >= 0.3 is 0 Å². The van der Waals surface area contributed by atoms with Crippen molar-refractivity contribution in [2.24, 2.45) is 11.7 Å². The van der Waals surface area contributed by atoms with Gasteiger partial charge in [-0.15, -0.1) is 11.3 Å². The standard InChI is InChI=1S/C26H32ClN5O2S/c1-15(2)13-32-10-8-19-21(14-32)35-25(30-19)24(34)31-22-5-3-4-9-26(22,28)23(33)20-12-16-11-17(27)6-7-18(16)29-20/h6-7,11-12,15,22,29H,3-5,8-10,13-14,28H2,1-2H3,(H,31,34). The molecule has 0 bridgehead atoms. The largest absolute Gasteiger partial charge is 0.352 e. The van der Waals surface area contributed by atoms with E-state index in [4.69, 9.17) is 17.3 Å². The molecule has 9 heteroatoms. The summed E-state index contributed by atoms with van der Waals surface area (Å²) in [5, 5.41) is 5.02. The second-order valence-corrected chi connectivity index (χ2v) is 11.8. The van der Waals surface area contributed by atoms with E-state index in [-0.39, 0.29) is 11.7 Å². The molecule has 3 heterocycles. The Bertz CT molecular complexity index is 1270. The average molecular weight is 514 g/mol. The molecule has 0 radical (unpaired) electrons. The third-order valence-electron chi connectivity index (χ3n) is 7.14. The summed E-state index contributed by atoms with van der Waals surface area (Å²) in [5.41, 5.74) is 7.91. The number of aromatic nitrogens is 2. The molecule has 186 valence electrons. The molecular weight excluding hydrogens is 482 g/mol. The van der Waals surface area contributed by atoms with Crippen molar-refractivity contribution in [3.8, 4) is 0 Å². The van der Waals surface area contributed by atoms with Crippen LogP contribution >= 0.6 is 22.9 Å². The van der Waals surface area contributed by atoms with Crippen LogP contribution in [0.1, 0.15) is 70.4 Å². The van der Waals surface area contributed by atoms with E-state index in [0.29, 0.717) is 34.5 Å². The normalized spacial score (nSPS) is 22.9. The number of carbonyl (C=O) groups is 2. The summed E-state index contributed by atoms with van der Waals surface area (Å²) in [5.74, 6) is 0.179. The van der Waals surface area contributed by atoms with Gasteiger partial charge in [0.05, 0.1) is 17.4 Å². The molecule has 0 saturated heterocycles. The van der Waals surface area contributed by atoms with Crippen molar-refractivity contribution < 1.29 is 9.59 Å². The zero-order valence-corrected chi connectivity index (χ0v) is 21.8. The fourth-order valence-corrected chi connectivity index (χ4v) is 6.62. The highest BCUT2D eigenvalue weighted by molar-refractivity contribution is 7.13. The van der Waals surface area contributed by atoms with Crippen LogP contribution in [-0.4, -0.2) is 51.2 Å². The Labute approximate surface area is 214 Å². The first kappa shape index (κ1) is 24.4. The van der Waals surface area contributed by atoms with Gasteiger partial charge in [0.15, 0.2) is 5.01 Å². The van der Waals surface area contributed by atoms with E-state index in [9.17, 15) is 9.59 Å². The molecular formula is C26H32ClN5O2S. The summed E-state index contributed by atoms with van der Waals surface area (Å²) < 4.78 is 0. The minimum Gasteiger partial charge on any atom is -0.352 e. The van der Waals surface area contributed by atoms with Crippen LogP contribution in [0, 0.1) is 5.92 Å². The summed E-state index contributed by atoms with van der Waals surface area (Å²) in [6.45, 7) is 7.28. The minimum absolute atomic E-state index is 0.183. The number of benzene rings is 1. The van der Waals surface area contributed by atoms with E-state index in [1.54, 1.807) is 12.1 Å². The van der Waals surface area contributed by atoms with E-state index in [0.717, 1.165) is 60.4 Å². The van der Waals surface area contributed by atoms with Crippen LogP contribution in [0.15, 0.2) is 24.3 Å². The number of H-pyrrole nitrogens is 1. The van der Waals surface area contributed by atoms with Gasteiger partial charge in [-0.25, -0.2) is 4.98 Å². The lowest BCUT2D eigenvalue weighted by atomic mass is 9.74. The van der Waals surface area contributed by atoms with Gasteiger partial charge in [0.25, 0.3) is 5.91 Å². The zero-order chi connectivity index (χ0) is 24.7. The van der Waals surface area contributed by atoms with Gasteiger partial charge in [-0.05, 0) is 43.0 Å². The Morgan fingerprint density at radius 3 is 2.97 bits per heavy atom. The fraction of sp³-hybridized carbons (Fsp3) is 0.500.